The lowest BCUT2D eigenvalue weighted by Crippen LogP contribution is -2.16. The first-order chi connectivity index (χ1) is 10.5. The molecule has 0 atom stereocenters. The van der Waals surface area contributed by atoms with Crippen molar-refractivity contribution in [3.05, 3.63) is 30.1 Å². The first kappa shape index (κ1) is 15.6. The van der Waals surface area contributed by atoms with Crippen LogP contribution in [0.15, 0.2) is 24.3 Å². The molecule has 0 radical (unpaired) electrons. The van der Waals surface area contributed by atoms with Gasteiger partial charge in [-0.1, -0.05) is 65.0 Å². The molecule has 0 bridgehead atoms. The van der Waals surface area contributed by atoms with Gasteiger partial charge in [-0.15, -0.1) is 0 Å². The molecular weight excluding hydrogens is 268 g/mol. The molecule has 2 nitrogen and oxygen atoms in total. The summed E-state index contributed by atoms with van der Waals surface area (Å²) < 4.78 is 2.50. The Morgan fingerprint density at radius 3 is 2.55 bits per heavy atom. The van der Waals surface area contributed by atoms with Crippen LogP contribution in [0, 0.1) is 11.3 Å². The predicted octanol–water partition coefficient (Wildman–Crippen LogP) is 5.60. The predicted molar refractivity (Wildman–Crippen MR) is 94.1 cm³/mol. The zero-order valence-electron chi connectivity index (χ0n) is 14.4. The molecule has 1 fully saturated rings. The van der Waals surface area contributed by atoms with E-state index < -0.39 is 0 Å². The molecule has 3 rings (SSSR count). The highest BCUT2D eigenvalue weighted by Gasteiger charge is 2.19. The van der Waals surface area contributed by atoms with Gasteiger partial charge in [0, 0.05) is 13.0 Å². The Hall–Kier alpha value is -1.31. The molecule has 120 valence electrons. The molecule has 1 aromatic carbocycles. The van der Waals surface area contributed by atoms with Crippen LogP contribution in [0.25, 0.3) is 11.0 Å². The summed E-state index contributed by atoms with van der Waals surface area (Å²) in [7, 11) is 0. The largest absolute Gasteiger partial charge is 0.328 e. The van der Waals surface area contributed by atoms with Crippen LogP contribution < -0.4 is 0 Å². The number of imidazole rings is 1. The number of hydrogen-bond donors (Lipinski definition) is 0. The SMILES string of the molecule is CC(C)(C)Cc1nc2ccccc2n1CCC1CCCCC1. The van der Waals surface area contributed by atoms with Crippen LogP contribution in [-0.4, -0.2) is 9.55 Å². The molecule has 0 saturated heterocycles. The van der Waals surface area contributed by atoms with Crippen LogP contribution in [0.1, 0.15) is 65.1 Å². The van der Waals surface area contributed by atoms with E-state index in [1.807, 2.05) is 0 Å². The molecule has 0 amide bonds. The first-order valence-corrected chi connectivity index (χ1v) is 8.97. The summed E-state index contributed by atoms with van der Waals surface area (Å²) in [6.45, 7) is 8.05. The maximum absolute atomic E-state index is 4.92. The average Bonchev–Trinajstić information content (AvgIpc) is 2.81. The van der Waals surface area contributed by atoms with Crippen molar-refractivity contribution in [3.63, 3.8) is 0 Å². The summed E-state index contributed by atoms with van der Waals surface area (Å²) in [5, 5.41) is 0. The Labute approximate surface area is 134 Å². The van der Waals surface area contributed by atoms with Crippen molar-refractivity contribution in [1.29, 1.82) is 0 Å². The van der Waals surface area contributed by atoms with Crippen molar-refractivity contribution in [2.75, 3.05) is 0 Å². The third kappa shape index (κ3) is 3.71. The van der Waals surface area contributed by atoms with Crippen molar-refractivity contribution in [3.8, 4) is 0 Å². The van der Waals surface area contributed by atoms with Crippen LogP contribution in [0.3, 0.4) is 0 Å². The number of aromatic nitrogens is 2. The topological polar surface area (TPSA) is 17.8 Å². The molecule has 0 unspecified atom stereocenters. The van der Waals surface area contributed by atoms with Gasteiger partial charge in [0.05, 0.1) is 11.0 Å². The highest BCUT2D eigenvalue weighted by atomic mass is 15.1. The van der Waals surface area contributed by atoms with E-state index in [4.69, 9.17) is 4.98 Å². The molecular formula is C20H30N2. The molecule has 1 heterocycles. The van der Waals surface area contributed by atoms with E-state index in [9.17, 15) is 0 Å². The summed E-state index contributed by atoms with van der Waals surface area (Å²) in [5.41, 5.74) is 2.76. The lowest BCUT2D eigenvalue weighted by molar-refractivity contribution is 0.320. The van der Waals surface area contributed by atoms with Crippen LogP contribution >= 0.6 is 0 Å². The monoisotopic (exact) mass is 298 g/mol. The number of nitrogens with zero attached hydrogens (tertiary/aromatic N) is 2. The summed E-state index contributed by atoms with van der Waals surface area (Å²) in [6.07, 6.45) is 9.54. The van der Waals surface area contributed by atoms with Gasteiger partial charge < -0.3 is 4.57 Å². The minimum atomic E-state index is 0.282. The van der Waals surface area contributed by atoms with Crippen molar-refractivity contribution in [1.82, 2.24) is 9.55 Å². The fourth-order valence-electron chi connectivity index (χ4n) is 3.77. The van der Waals surface area contributed by atoms with Gasteiger partial charge in [-0.3, -0.25) is 0 Å². The molecule has 1 aromatic heterocycles. The second kappa shape index (κ2) is 6.44. The highest BCUT2D eigenvalue weighted by molar-refractivity contribution is 5.75. The highest BCUT2D eigenvalue weighted by Crippen LogP contribution is 2.29. The van der Waals surface area contributed by atoms with E-state index in [2.05, 4.69) is 49.6 Å². The van der Waals surface area contributed by atoms with Crippen molar-refractivity contribution < 1.29 is 0 Å². The van der Waals surface area contributed by atoms with Crippen molar-refractivity contribution in [2.45, 2.75) is 72.3 Å². The lowest BCUT2D eigenvalue weighted by Gasteiger charge is -2.23. The first-order valence-electron chi connectivity index (χ1n) is 8.97. The Kier molecular flexibility index (Phi) is 4.56. The van der Waals surface area contributed by atoms with Gasteiger partial charge in [-0.2, -0.15) is 0 Å². The Balaban J connectivity index is 1.83. The summed E-state index contributed by atoms with van der Waals surface area (Å²) in [5.74, 6) is 2.20. The zero-order chi connectivity index (χ0) is 15.6. The minimum Gasteiger partial charge on any atom is -0.328 e. The van der Waals surface area contributed by atoms with Gasteiger partial charge in [0.15, 0.2) is 0 Å². The van der Waals surface area contributed by atoms with E-state index in [1.165, 1.54) is 49.9 Å². The number of fused-ring (bicyclic) bond motifs is 1. The van der Waals surface area contributed by atoms with Gasteiger partial charge >= 0.3 is 0 Å². The molecule has 1 aliphatic rings. The quantitative estimate of drug-likeness (QED) is 0.719. The van der Waals surface area contributed by atoms with Gasteiger partial charge in [0.25, 0.3) is 0 Å². The number of hydrogen-bond acceptors (Lipinski definition) is 1. The maximum Gasteiger partial charge on any atom is 0.110 e. The second-order valence-corrected chi connectivity index (χ2v) is 8.20. The van der Waals surface area contributed by atoms with Crippen LogP contribution in [0.4, 0.5) is 0 Å². The van der Waals surface area contributed by atoms with Gasteiger partial charge in [0.1, 0.15) is 5.82 Å². The molecule has 2 aromatic rings. The second-order valence-electron chi connectivity index (χ2n) is 8.20. The Bertz CT molecular complexity index is 612. The molecule has 0 spiro atoms. The fourth-order valence-corrected chi connectivity index (χ4v) is 3.77. The number of benzene rings is 1. The summed E-state index contributed by atoms with van der Waals surface area (Å²) in [4.78, 5) is 4.92. The van der Waals surface area contributed by atoms with Crippen LogP contribution in [0.5, 0.6) is 0 Å². The van der Waals surface area contributed by atoms with Gasteiger partial charge in [0.2, 0.25) is 0 Å². The van der Waals surface area contributed by atoms with E-state index >= 15 is 0 Å². The smallest absolute Gasteiger partial charge is 0.110 e. The fraction of sp³-hybridized carbons (Fsp3) is 0.650. The lowest BCUT2D eigenvalue weighted by atomic mass is 9.87. The van der Waals surface area contributed by atoms with Crippen molar-refractivity contribution >= 4 is 11.0 Å². The Morgan fingerprint density at radius 2 is 1.82 bits per heavy atom. The summed E-state index contributed by atoms with van der Waals surface area (Å²) in [6, 6.07) is 8.62. The number of aryl methyl sites for hydroxylation is 1. The Morgan fingerprint density at radius 1 is 1.09 bits per heavy atom. The van der Waals surface area contributed by atoms with Crippen molar-refractivity contribution in [2.24, 2.45) is 11.3 Å². The van der Waals surface area contributed by atoms with E-state index in [-0.39, 0.29) is 5.41 Å². The molecule has 0 aliphatic heterocycles. The molecule has 0 N–H and O–H groups in total. The number of para-hydroxylation sites is 2. The molecule has 1 aliphatic carbocycles. The standard InChI is InChI=1S/C20H30N2/c1-20(2,3)15-19-21-17-11-7-8-12-18(17)22(19)14-13-16-9-5-4-6-10-16/h7-8,11-12,16H,4-6,9-10,13-15H2,1-3H3. The third-order valence-corrected chi connectivity index (χ3v) is 4.91. The van der Waals surface area contributed by atoms with E-state index in [0.29, 0.717) is 0 Å². The van der Waals surface area contributed by atoms with Gasteiger partial charge in [-0.05, 0) is 29.9 Å². The van der Waals surface area contributed by atoms with E-state index in [1.54, 1.807) is 0 Å². The average molecular weight is 298 g/mol. The summed E-state index contributed by atoms with van der Waals surface area (Å²) >= 11 is 0. The molecule has 1 saturated carbocycles. The van der Waals surface area contributed by atoms with Crippen LogP contribution in [-0.2, 0) is 13.0 Å². The normalized spacial score (nSPS) is 17.2. The zero-order valence-corrected chi connectivity index (χ0v) is 14.4. The van der Waals surface area contributed by atoms with E-state index in [0.717, 1.165) is 24.4 Å². The molecule has 2 heteroatoms. The van der Waals surface area contributed by atoms with Gasteiger partial charge in [-0.25, -0.2) is 4.98 Å². The minimum absolute atomic E-state index is 0.282. The van der Waals surface area contributed by atoms with Crippen LogP contribution in [0.2, 0.25) is 0 Å². The number of rotatable bonds is 4. The third-order valence-electron chi connectivity index (χ3n) is 4.91. The molecule has 22 heavy (non-hydrogen) atoms. The maximum atomic E-state index is 4.92.